The monoisotopic (exact) mass is 866 g/mol. The summed E-state index contributed by atoms with van der Waals surface area (Å²) in [5.41, 5.74) is 0. The first-order valence-corrected chi connectivity index (χ1v) is 26.2. The number of aliphatic hydroxyl groups is 2. The molecule has 3 atom stereocenters. The van der Waals surface area contributed by atoms with Crippen LogP contribution in [-0.2, 0) is 14.3 Å². The predicted molar refractivity (Wildman–Crippen MR) is 268 cm³/mol. The molecule has 1 amide bonds. The summed E-state index contributed by atoms with van der Waals surface area (Å²) >= 11 is 0. The van der Waals surface area contributed by atoms with E-state index in [1.165, 1.54) is 89.9 Å². The molecule has 0 aliphatic rings. The summed E-state index contributed by atoms with van der Waals surface area (Å²) in [6.07, 6.45) is 62.4. The molecular weight excluding hydrogens is 767 g/mol. The molecule has 62 heavy (non-hydrogen) atoms. The number of aliphatic hydroxyl groups excluding tert-OH is 2. The lowest BCUT2D eigenvalue weighted by Crippen LogP contribution is -2.46. The lowest BCUT2D eigenvalue weighted by molar-refractivity contribution is -0.151. The first kappa shape index (κ1) is 59.3. The molecule has 0 bridgehead atoms. The number of amides is 1. The molecule has 358 valence electrons. The molecule has 0 aromatic carbocycles. The van der Waals surface area contributed by atoms with Crippen molar-refractivity contribution >= 4 is 11.9 Å². The van der Waals surface area contributed by atoms with Gasteiger partial charge in [0.15, 0.2) is 0 Å². The van der Waals surface area contributed by atoms with Gasteiger partial charge in [-0.25, -0.2) is 0 Å². The summed E-state index contributed by atoms with van der Waals surface area (Å²) < 4.78 is 5.93. The van der Waals surface area contributed by atoms with Crippen molar-refractivity contribution < 1.29 is 24.5 Å². The maximum absolute atomic E-state index is 13.2. The van der Waals surface area contributed by atoms with Gasteiger partial charge in [-0.15, -0.1) is 0 Å². The molecule has 0 aromatic rings. The van der Waals surface area contributed by atoms with E-state index in [4.69, 9.17) is 4.74 Å². The molecule has 0 saturated heterocycles. The molecule has 0 spiro atoms. The van der Waals surface area contributed by atoms with E-state index in [2.05, 4.69) is 99.0 Å². The standard InChI is InChI=1S/C56H99NO5/c1-4-7-10-13-16-19-22-24-26-28-29-31-33-35-38-41-44-47-52(50-55(60)57-53(51-58)54(59)48-45-42-39-36-21-18-15-12-9-6-3)62-56(61)49-46-43-40-37-34-32-30-27-25-23-20-17-14-11-8-5-2/h8,11,16-17,19-20,24-27,29,31,52-54,58-59H,4-7,9-10,12-15,18,21-23,28,30,32-51H2,1-3H3,(H,57,60)/b11-8+,19-16-,20-17+,26-24-,27-25+,31-29-. The number of esters is 1. The zero-order chi connectivity index (χ0) is 45.2. The van der Waals surface area contributed by atoms with Crippen molar-refractivity contribution in [2.45, 2.75) is 264 Å². The van der Waals surface area contributed by atoms with Crippen LogP contribution in [0.1, 0.15) is 245 Å². The Labute approximate surface area is 383 Å². The number of carbonyl (C=O) groups is 2. The maximum atomic E-state index is 13.2. The minimum Gasteiger partial charge on any atom is -0.462 e. The summed E-state index contributed by atoms with van der Waals surface area (Å²) in [5, 5.41) is 23.7. The van der Waals surface area contributed by atoms with Crippen LogP contribution in [0.2, 0.25) is 0 Å². The van der Waals surface area contributed by atoms with Crippen LogP contribution in [0.5, 0.6) is 0 Å². The van der Waals surface area contributed by atoms with Gasteiger partial charge in [0.2, 0.25) is 5.91 Å². The van der Waals surface area contributed by atoms with Gasteiger partial charge in [0.05, 0.1) is 25.2 Å². The number of ether oxygens (including phenoxy) is 1. The Morgan fingerprint density at radius 1 is 0.484 bits per heavy atom. The number of hydrogen-bond acceptors (Lipinski definition) is 5. The Bertz CT molecular complexity index is 1150. The van der Waals surface area contributed by atoms with Gasteiger partial charge in [0.25, 0.3) is 0 Å². The summed E-state index contributed by atoms with van der Waals surface area (Å²) in [6.45, 7) is 6.32. The molecule has 3 unspecified atom stereocenters. The Morgan fingerprint density at radius 3 is 1.35 bits per heavy atom. The molecule has 0 rings (SSSR count). The van der Waals surface area contributed by atoms with Gasteiger partial charge < -0.3 is 20.3 Å². The Balaban J connectivity index is 4.66. The van der Waals surface area contributed by atoms with E-state index in [9.17, 15) is 19.8 Å². The lowest BCUT2D eigenvalue weighted by Gasteiger charge is -2.24. The summed E-state index contributed by atoms with van der Waals surface area (Å²) in [4.78, 5) is 26.2. The molecule has 0 fully saturated rings. The van der Waals surface area contributed by atoms with Gasteiger partial charge in [0.1, 0.15) is 6.10 Å². The van der Waals surface area contributed by atoms with Crippen LogP contribution in [0, 0.1) is 0 Å². The van der Waals surface area contributed by atoms with Crippen molar-refractivity contribution in [3.05, 3.63) is 72.9 Å². The van der Waals surface area contributed by atoms with Crippen LogP contribution in [0.25, 0.3) is 0 Å². The van der Waals surface area contributed by atoms with Crippen molar-refractivity contribution in [1.82, 2.24) is 5.32 Å². The normalized spacial score (nSPS) is 13.8. The number of nitrogens with one attached hydrogen (secondary N) is 1. The molecule has 0 aliphatic carbocycles. The van der Waals surface area contributed by atoms with Crippen molar-refractivity contribution in [2.24, 2.45) is 0 Å². The second kappa shape index (κ2) is 49.3. The fourth-order valence-electron chi connectivity index (χ4n) is 7.57. The van der Waals surface area contributed by atoms with E-state index >= 15 is 0 Å². The molecular formula is C56H99NO5. The fraction of sp³-hybridized carbons (Fsp3) is 0.750. The topological polar surface area (TPSA) is 95.9 Å². The van der Waals surface area contributed by atoms with Crippen LogP contribution in [0.3, 0.4) is 0 Å². The zero-order valence-corrected chi connectivity index (χ0v) is 40.7. The van der Waals surface area contributed by atoms with Crippen molar-refractivity contribution in [3.8, 4) is 0 Å². The number of carbonyl (C=O) groups excluding carboxylic acids is 2. The van der Waals surface area contributed by atoms with Crippen LogP contribution in [-0.4, -0.2) is 46.9 Å². The van der Waals surface area contributed by atoms with Gasteiger partial charge in [-0.3, -0.25) is 9.59 Å². The van der Waals surface area contributed by atoms with E-state index in [1.807, 2.05) is 0 Å². The van der Waals surface area contributed by atoms with Crippen molar-refractivity contribution in [2.75, 3.05) is 6.61 Å². The molecule has 0 aliphatic heterocycles. The molecule has 0 radical (unpaired) electrons. The predicted octanol–water partition coefficient (Wildman–Crippen LogP) is 15.8. The highest BCUT2D eigenvalue weighted by molar-refractivity contribution is 5.77. The average Bonchev–Trinajstić information content (AvgIpc) is 3.26. The Kier molecular flexibility index (Phi) is 47.2. The first-order chi connectivity index (χ1) is 30.5. The van der Waals surface area contributed by atoms with E-state index in [0.29, 0.717) is 19.3 Å². The van der Waals surface area contributed by atoms with Gasteiger partial charge in [0, 0.05) is 6.42 Å². The van der Waals surface area contributed by atoms with Crippen LogP contribution in [0.4, 0.5) is 0 Å². The van der Waals surface area contributed by atoms with Crippen LogP contribution >= 0.6 is 0 Å². The third kappa shape index (κ3) is 43.9. The van der Waals surface area contributed by atoms with E-state index in [0.717, 1.165) is 109 Å². The second-order valence-electron chi connectivity index (χ2n) is 17.5. The molecule has 3 N–H and O–H groups in total. The number of hydrogen-bond donors (Lipinski definition) is 3. The number of allylic oxidation sites excluding steroid dienone is 12. The molecule has 0 saturated carbocycles. The molecule has 6 nitrogen and oxygen atoms in total. The van der Waals surface area contributed by atoms with Gasteiger partial charge in [-0.05, 0) is 96.3 Å². The van der Waals surface area contributed by atoms with Crippen molar-refractivity contribution in [3.63, 3.8) is 0 Å². The lowest BCUT2D eigenvalue weighted by atomic mass is 10.0. The fourth-order valence-corrected chi connectivity index (χ4v) is 7.57. The van der Waals surface area contributed by atoms with E-state index in [-0.39, 0.29) is 24.9 Å². The highest BCUT2D eigenvalue weighted by atomic mass is 16.5. The maximum Gasteiger partial charge on any atom is 0.306 e. The molecule has 6 heteroatoms. The smallest absolute Gasteiger partial charge is 0.306 e. The van der Waals surface area contributed by atoms with Crippen molar-refractivity contribution in [1.29, 1.82) is 0 Å². The third-order valence-electron chi connectivity index (χ3n) is 11.5. The largest absolute Gasteiger partial charge is 0.462 e. The van der Waals surface area contributed by atoms with E-state index < -0.39 is 18.2 Å². The Hall–Kier alpha value is -2.70. The SMILES string of the molecule is CC/C=C/C/C=C/C/C=C/CCCCCCCCC(=O)OC(CCCCCC/C=C\C/C=C\C/C=C\CCCCC)CC(=O)NC(CO)C(O)CCCCCCCCCCCC. The number of unbranched alkanes of at least 4 members (excludes halogenated alkanes) is 22. The quantitative estimate of drug-likeness (QED) is 0.0322. The van der Waals surface area contributed by atoms with Crippen LogP contribution < -0.4 is 5.32 Å². The summed E-state index contributed by atoms with van der Waals surface area (Å²) in [7, 11) is 0. The van der Waals surface area contributed by atoms with E-state index in [1.54, 1.807) is 0 Å². The molecule has 0 heterocycles. The Morgan fingerprint density at radius 2 is 0.871 bits per heavy atom. The highest BCUT2D eigenvalue weighted by Gasteiger charge is 2.24. The summed E-state index contributed by atoms with van der Waals surface area (Å²) in [6, 6.07) is -0.714. The second-order valence-corrected chi connectivity index (χ2v) is 17.5. The minimum absolute atomic E-state index is 0.0547. The number of rotatable bonds is 46. The van der Waals surface area contributed by atoms with Gasteiger partial charge >= 0.3 is 5.97 Å². The zero-order valence-electron chi connectivity index (χ0n) is 40.7. The highest BCUT2D eigenvalue weighted by Crippen LogP contribution is 2.17. The van der Waals surface area contributed by atoms with Crippen LogP contribution in [0.15, 0.2) is 72.9 Å². The molecule has 0 aromatic heterocycles. The minimum atomic E-state index is -0.798. The summed E-state index contributed by atoms with van der Waals surface area (Å²) in [5.74, 6) is -0.512. The van der Waals surface area contributed by atoms with Gasteiger partial charge in [-0.2, -0.15) is 0 Å². The average molecular weight is 866 g/mol. The third-order valence-corrected chi connectivity index (χ3v) is 11.5. The first-order valence-electron chi connectivity index (χ1n) is 26.2. The van der Waals surface area contributed by atoms with Gasteiger partial charge in [-0.1, -0.05) is 209 Å².